The Kier molecular flexibility index (Phi) is 7.73. The van der Waals surface area contributed by atoms with E-state index in [1.807, 2.05) is 66.4 Å². The molecule has 8 nitrogen and oxygen atoms in total. The van der Waals surface area contributed by atoms with Crippen molar-refractivity contribution in [3.8, 4) is 28.7 Å². The monoisotopic (exact) mass is 492 g/mol. The molecule has 4 rings (SSSR count). The quantitative estimate of drug-likeness (QED) is 0.460. The maximum absolute atomic E-state index is 13.7. The molecule has 0 saturated carbocycles. The number of hydrogen-bond acceptors (Lipinski definition) is 6. The van der Waals surface area contributed by atoms with Gasteiger partial charge in [-0.1, -0.05) is 18.2 Å². The molecule has 0 aromatic heterocycles. The van der Waals surface area contributed by atoms with Gasteiger partial charge >= 0.3 is 6.03 Å². The Labute approximate surface area is 211 Å². The molecule has 0 fully saturated rings. The Morgan fingerprint density at radius 3 is 2.22 bits per heavy atom. The maximum Gasteiger partial charge on any atom is 0.322 e. The van der Waals surface area contributed by atoms with Gasteiger partial charge in [-0.15, -0.1) is 0 Å². The molecule has 1 unspecified atom stereocenters. The number of amides is 2. The molecule has 0 radical (unpaired) electrons. The fourth-order valence-electron chi connectivity index (χ4n) is 4.59. The van der Waals surface area contributed by atoms with E-state index in [1.54, 1.807) is 28.4 Å². The van der Waals surface area contributed by atoms with Crippen molar-refractivity contribution in [1.29, 1.82) is 0 Å². The molecular weight excluding hydrogens is 460 g/mol. The summed E-state index contributed by atoms with van der Waals surface area (Å²) in [5.74, 6) is 3.09. The fourth-order valence-corrected chi connectivity index (χ4v) is 4.59. The van der Waals surface area contributed by atoms with Crippen LogP contribution in [0.5, 0.6) is 28.7 Å². The van der Waals surface area contributed by atoms with Crippen molar-refractivity contribution in [2.45, 2.75) is 19.4 Å². The van der Waals surface area contributed by atoms with Gasteiger partial charge in [0.15, 0.2) is 23.0 Å². The number of carbonyl (C=O) groups excluding carboxylic acids is 1. The van der Waals surface area contributed by atoms with Crippen LogP contribution in [0, 0.1) is 0 Å². The third kappa shape index (κ3) is 4.84. The Hall–Kier alpha value is -4.07. The maximum atomic E-state index is 13.7. The van der Waals surface area contributed by atoms with Crippen LogP contribution in [-0.4, -0.2) is 52.5 Å². The molecule has 36 heavy (non-hydrogen) atoms. The highest BCUT2D eigenvalue weighted by Gasteiger charge is 2.34. The van der Waals surface area contributed by atoms with Gasteiger partial charge in [-0.3, -0.25) is 0 Å². The number of anilines is 1. The largest absolute Gasteiger partial charge is 0.493 e. The Morgan fingerprint density at radius 1 is 0.861 bits per heavy atom. The molecule has 3 aromatic rings. The second-order valence-corrected chi connectivity index (χ2v) is 8.23. The highest BCUT2D eigenvalue weighted by atomic mass is 16.5. The summed E-state index contributed by atoms with van der Waals surface area (Å²) < 4.78 is 27.8. The van der Waals surface area contributed by atoms with Crippen molar-refractivity contribution < 1.29 is 28.5 Å². The lowest BCUT2D eigenvalue weighted by atomic mass is 9.87. The summed E-state index contributed by atoms with van der Waals surface area (Å²) in [7, 11) is 6.42. The van der Waals surface area contributed by atoms with Gasteiger partial charge in [0.2, 0.25) is 0 Å². The minimum Gasteiger partial charge on any atom is -0.493 e. The van der Waals surface area contributed by atoms with Crippen LogP contribution in [0.25, 0.3) is 0 Å². The van der Waals surface area contributed by atoms with Gasteiger partial charge in [0.25, 0.3) is 0 Å². The van der Waals surface area contributed by atoms with Crippen molar-refractivity contribution in [3.05, 3.63) is 71.3 Å². The van der Waals surface area contributed by atoms with Crippen LogP contribution in [0.15, 0.2) is 54.6 Å². The van der Waals surface area contributed by atoms with Crippen molar-refractivity contribution >= 4 is 11.7 Å². The highest BCUT2D eigenvalue weighted by Crippen LogP contribution is 2.43. The fraction of sp³-hybridized carbons (Fsp3) is 0.321. The second kappa shape index (κ2) is 11.1. The molecule has 0 saturated heterocycles. The summed E-state index contributed by atoms with van der Waals surface area (Å²) in [5, 5.41) is 3.05. The first-order valence-corrected chi connectivity index (χ1v) is 11.8. The average molecular weight is 493 g/mol. The van der Waals surface area contributed by atoms with Gasteiger partial charge in [0.1, 0.15) is 5.75 Å². The summed E-state index contributed by atoms with van der Waals surface area (Å²) >= 11 is 0. The van der Waals surface area contributed by atoms with E-state index in [0.29, 0.717) is 54.0 Å². The standard InChI is InChI=1S/C28H32N2O6/c1-6-36-22-10-8-7-9-21(22)29-28(31)30-14-13-18-15-25(34-4)26(35-5)17-20(18)27(30)19-11-12-23(32-2)24(16-19)33-3/h7-12,15-17,27H,6,13-14H2,1-5H3,(H,29,31). The predicted octanol–water partition coefficient (Wildman–Crippen LogP) is 5.30. The van der Waals surface area contributed by atoms with Crippen LogP contribution in [0.1, 0.15) is 29.7 Å². The molecular formula is C28H32N2O6. The van der Waals surface area contributed by atoms with E-state index in [0.717, 1.165) is 16.7 Å². The zero-order chi connectivity index (χ0) is 25.7. The van der Waals surface area contributed by atoms with E-state index in [-0.39, 0.29) is 6.03 Å². The van der Waals surface area contributed by atoms with E-state index < -0.39 is 6.04 Å². The number of methoxy groups -OCH3 is 4. The van der Waals surface area contributed by atoms with E-state index in [4.69, 9.17) is 23.7 Å². The van der Waals surface area contributed by atoms with E-state index in [2.05, 4.69) is 5.32 Å². The van der Waals surface area contributed by atoms with Crippen molar-refractivity contribution in [1.82, 2.24) is 4.90 Å². The summed E-state index contributed by atoms with van der Waals surface area (Å²) in [6.45, 7) is 2.92. The number of nitrogens with zero attached hydrogens (tertiary/aromatic N) is 1. The Morgan fingerprint density at radius 2 is 1.53 bits per heavy atom. The number of rotatable bonds is 8. The molecule has 1 atom stereocenters. The molecule has 1 heterocycles. The molecule has 1 N–H and O–H groups in total. The van der Waals surface area contributed by atoms with Gasteiger partial charge in [-0.2, -0.15) is 0 Å². The number of nitrogens with one attached hydrogen (secondary N) is 1. The first kappa shape index (κ1) is 25.0. The summed E-state index contributed by atoms with van der Waals surface area (Å²) in [5.41, 5.74) is 3.55. The number of benzene rings is 3. The van der Waals surface area contributed by atoms with E-state index in [9.17, 15) is 4.79 Å². The summed E-state index contributed by atoms with van der Waals surface area (Å²) in [4.78, 5) is 15.5. The van der Waals surface area contributed by atoms with Crippen molar-refractivity contribution in [2.75, 3.05) is 46.9 Å². The number of hydrogen-bond donors (Lipinski definition) is 1. The predicted molar refractivity (Wildman–Crippen MR) is 138 cm³/mol. The molecule has 3 aromatic carbocycles. The molecule has 190 valence electrons. The lowest BCUT2D eigenvalue weighted by Gasteiger charge is -2.38. The zero-order valence-electron chi connectivity index (χ0n) is 21.3. The van der Waals surface area contributed by atoms with Gasteiger partial charge in [0.05, 0.1) is 46.8 Å². The van der Waals surface area contributed by atoms with E-state index in [1.165, 1.54) is 0 Å². The average Bonchev–Trinajstić information content (AvgIpc) is 2.92. The molecule has 1 aliphatic rings. The molecule has 0 aliphatic carbocycles. The van der Waals surface area contributed by atoms with Crippen LogP contribution in [0.3, 0.4) is 0 Å². The first-order chi connectivity index (χ1) is 17.5. The summed E-state index contributed by atoms with van der Waals surface area (Å²) in [6.07, 6.45) is 0.667. The summed E-state index contributed by atoms with van der Waals surface area (Å²) in [6, 6.07) is 16.4. The number of carbonyl (C=O) groups is 1. The Balaban J connectivity index is 1.80. The lowest BCUT2D eigenvalue weighted by Crippen LogP contribution is -2.43. The van der Waals surface area contributed by atoms with Gasteiger partial charge in [-0.05, 0) is 66.4 Å². The van der Waals surface area contributed by atoms with Crippen LogP contribution in [0.2, 0.25) is 0 Å². The van der Waals surface area contributed by atoms with Crippen molar-refractivity contribution in [2.24, 2.45) is 0 Å². The third-order valence-corrected chi connectivity index (χ3v) is 6.29. The molecule has 2 amide bonds. The normalized spacial score (nSPS) is 14.5. The number of fused-ring (bicyclic) bond motifs is 1. The van der Waals surface area contributed by atoms with Crippen molar-refractivity contribution in [3.63, 3.8) is 0 Å². The zero-order valence-corrected chi connectivity index (χ0v) is 21.3. The van der Waals surface area contributed by atoms with Gasteiger partial charge < -0.3 is 33.9 Å². The van der Waals surface area contributed by atoms with Gasteiger partial charge in [0, 0.05) is 6.54 Å². The van der Waals surface area contributed by atoms with Crippen LogP contribution in [0.4, 0.5) is 10.5 Å². The minimum absolute atomic E-state index is 0.234. The minimum atomic E-state index is -0.396. The molecule has 0 bridgehead atoms. The smallest absolute Gasteiger partial charge is 0.322 e. The number of urea groups is 1. The SMILES string of the molecule is CCOc1ccccc1NC(=O)N1CCc2cc(OC)c(OC)cc2C1c1ccc(OC)c(OC)c1. The first-order valence-electron chi connectivity index (χ1n) is 11.8. The molecule has 8 heteroatoms. The van der Waals surface area contributed by atoms with Crippen LogP contribution >= 0.6 is 0 Å². The molecule has 1 aliphatic heterocycles. The van der Waals surface area contributed by atoms with Crippen LogP contribution < -0.4 is 29.0 Å². The number of ether oxygens (including phenoxy) is 5. The number of para-hydroxylation sites is 2. The van der Waals surface area contributed by atoms with E-state index >= 15 is 0 Å². The lowest BCUT2D eigenvalue weighted by molar-refractivity contribution is 0.193. The van der Waals surface area contributed by atoms with Crippen LogP contribution in [-0.2, 0) is 6.42 Å². The van der Waals surface area contributed by atoms with Gasteiger partial charge in [-0.25, -0.2) is 4.79 Å². The third-order valence-electron chi connectivity index (χ3n) is 6.29. The topological polar surface area (TPSA) is 78.5 Å². The Bertz CT molecular complexity index is 1230. The molecule has 0 spiro atoms. The highest BCUT2D eigenvalue weighted by molar-refractivity contribution is 5.91. The second-order valence-electron chi connectivity index (χ2n) is 8.23.